The molecule has 1 aromatic carbocycles. The summed E-state index contributed by atoms with van der Waals surface area (Å²) < 4.78 is 50.8. The first-order valence-corrected chi connectivity index (χ1v) is 8.25. The lowest BCUT2D eigenvalue weighted by Crippen LogP contribution is -2.25. The largest absolute Gasteiger partial charge is 0.494 e. The van der Waals surface area contributed by atoms with Gasteiger partial charge in [-0.1, -0.05) is 25.9 Å². The molecule has 0 spiro atoms. The van der Waals surface area contributed by atoms with Crippen molar-refractivity contribution in [2.75, 3.05) is 6.61 Å². The molecular formula is C18H21F3N2O3. The van der Waals surface area contributed by atoms with Crippen LogP contribution in [0.5, 0.6) is 5.75 Å². The Morgan fingerprint density at radius 1 is 1.31 bits per heavy atom. The number of alkyl halides is 3. The Hall–Kier alpha value is -2.51. The van der Waals surface area contributed by atoms with Crippen LogP contribution in [0, 0.1) is 5.92 Å². The van der Waals surface area contributed by atoms with Gasteiger partial charge in [-0.05, 0) is 30.5 Å². The normalized spacial score (nSPS) is 13.0. The smallest absolute Gasteiger partial charge is 0.417 e. The minimum absolute atomic E-state index is 0.0127. The number of nitrogens with zero attached hydrogens (tertiary/aromatic N) is 1. The molecule has 0 bridgehead atoms. The molecule has 2 rings (SSSR count). The molecule has 1 unspecified atom stereocenters. The molecule has 5 nitrogen and oxygen atoms in total. The molecule has 26 heavy (non-hydrogen) atoms. The number of primary amides is 1. The van der Waals surface area contributed by atoms with Gasteiger partial charge < -0.3 is 15.0 Å². The number of rotatable bonds is 7. The molecule has 1 heterocycles. The van der Waals surface area contributed by atoms with Gasteiger partial charge in [0.05, 0.1) is 12.2 Å². The van der Waals surface area contributed by atoms with Gasteiger partial charge in [0.15, 0.2) is 0 Å². The Balaban J connectivity index is 2.47. The highest BCUT2D eigenvalue weighted by molar-refractivity contribution is 5.82. The summed E-state index contributed by atoms with van der Waals surface area (Å²) in [7, 11) is 0. The van der Waals surface area contributed by atoms with Crippen molar-refractivity contribution in [3.05, 3.63) is 35.6 Å². The molecule has 0 saturated heterocycles. The first-order chi connectivity index (χ1) is 12.1. The van der Waals surface area contributed by atoms with Crippen LogP contribution in [0.2, 0.25) is 0 Å². The van der Waals surface area contributed by atoms with Crippen LogP contribution in [-0.2, 0) is 11.0 Å². The lowest BCUT2D eigenvalue weighted by Gasteiger charge is -2.14. The van der Waals surface area contributed by atoms with Gasteiger partial charge in [0.1, 0.15) is 23.1 Å². The third-order valence-electron chi connectivity index (χ3n) is 3.85. The van der Waals surface area contributed by atoms with Crippen LogP contribution in [0.1, 0.15) is 44.4 Å². The number of aromatic nitrogens is 1. The van der Waals surface area contributed by atoms with Crippen molar-refractivity contribution in [3.63, 3.8) is 0 Å². The molecule has 0 aliphatic rings. The van der Waals surface area contributed by atoms with Crippen molar-refractivity contribution < 1.29 is 27.2 Å². The fourth-order valence-electron chi connectivity index (χ4n) is 2.65. The van der Waals surface area contributed by atoms with Crippen LogP contribution in [0.15, 0.2) is 28.8 Å². The zero-order valence-electron chi connectivity index (χ0n) is 14.8. The van der Waals surface area contributed by atoms with E-state index in [9.17, 15) is 18.0 Å². The standard InChI is InChI=1S/C18H21F3N2O3/c1-4-7-25-11-5-6-12(13(8-11)18(19,20)21)14-9-15(26-23-14)16(10(2)3)17(22)24/h5-6,8-10,16H,4,7H2,1-3H3,(H2,22,24). The Labute approximate surface area is 149 Å². The van der Waals surface area contributed by atoms with Gasteiger partial charge in [-0.15, -0.1) is 0 Å². The Bertz CT molecular complexity index is 769. The van der Waals surface area contributed by atoms with Gasteiger partial charge in [-0.25, -0.2) is 0 Å². The second-order valence-electron chi connectivity index (χ2n) is 6.29. The van der Waals surface area contributed by atoms with Crippen molar-refractivity contribution in [3.8, 4) is 17.0 Å². The monoisotopic (exact) mass is 370 g/mol. The molecule has 8 heteroatoms. The van der Waals surface area contributed by atoms with E-state index in [1.54, 1.807) is 13.8 Å². The lowest BCUT2D eigenvalue weighted by molar-refractivity contribution is -0.137. The topological polar surface area (TPSA) is 78.4 Å². The van der Waals surface area contributed by atoms with Gasteiger partial charge >= 0.3 is 6.18 Å². The van der Waals surface area contributed by atoms with E-state index in [4.69, 9.17) is 15.0 Å². The van der Waals surface area contributed by atoms with Gasteiger partial charge in [0.25, 0.3) is 0 Å². The number of carbonyl (C=O) groups is 1. The molecule has 0 fully saturated rings. The summed E-state index contributed by atoms with van der Waals surface area (Å²) in [5.74, 6) is -1.30. The number of amides is 1. The highest BCUT2D eigenvalue weighted by atomic mass is 19.4. The quantitative estimate of drug-likeness (QED) is 0.785. The highest BCUT2D eigenvalue weighted by Gasteiger charge is 2.35. The number of hydrogen-bond acceptors (Lipinski definition) is 4. The summed E-state index contributed by atoms with van der Waals surface area (Å²) in [6, 6.07) is 4.99. The zero-order chi connectivity index (χ0) is 19.5. The molecule has 2 aromatic rings. The number of benzene rings is 1. The summed E-state index contributed by atoms with van der Waals surface area (Å²) >= 11 is 0. The van der Waals surface area contributed by atoms with Gasteiger partial charge in [0.2, 0.25) is 5.91 Å². The van der Waals surface area contributed by atoms with E-state index < -0.39 is 23.6 Å². The molecule has 2 N–H and O–H groups in total. The van der Waals surface area contributed by atoms with Crippen LogP contribution in [0.4, 0.5) is 13.2 Å². The van der Waals surface area contributed by atoms with Crippen molar-refractivity contribution in [2.45, 2.75) is 39.3 Å². The van der Waals surface area contributed by atoms with Gasteiger partial charge in [-0.3, -0.25) is 4.79 Å². The Morgan fingerprint density at radius 2 is 2.00 bits per heavy atom. The fourth-order valence-corrected chi connectivity index (χ4v) is 2.65. The minimum Gasteiger partial charge on any atom is -0.494 e. The van der Waals surface area contributed by atoms with E-state index in [1.165, 1.54) is 18.2 Å². The van der Waals surface area contributed by atoms with Crippen molar-refractivity contribution in [1.82, 2.24) is 5.16 Å². The third-order valence-corrected chi connectivity index (χ3v) is 3.85. The van der Waals surface area contributed by atoms with E-state index in [0.29, 0.717) is 13.0 Å². The predicted octanol–water partition coefficient (Wildman–Crippen LogP) is 4.37. The Kier molecular flexibility index (Phi) is 5.94. The third kappa shape index (κ3) is 4.36. The molecule has 0 saturated carbocycles. The van der Waals surface area contributed by atoms with E-state index in [-0.39, 0.29) is 28.7 Å². The molecule has 0 aliphatic heterocycles. The molecule has 1 aromatic heterocycles. The van der Waals surface area contributed by atoms with Gasteiger partial charge in [0, 0.05) is 11.6 Å². The molecule has 0 aliphatic carbocycles. The second kappa shape index (κ2) is 7.80. The lowest BCUT2D eigenvalue weighted by atomic mass is 9.92. The molecule has 142 valence electrons. The number of ether oxygens (including phenoxy) is 1. The number of halogens is 3. The maximum atomic E-state index is 13.5. The Morgan fingerprint density at radius 3 is 2.54 bits per heavy atom. The number of carbonyl (C=O) groups excluding carboxylic acids is 1. The van der Waals surface area contributed by atoms with E-state index in [2.05, 4.69) is 5.16 Å². The van der Waals surface area contributed by atoms with E-state index >= 15 is 0 Å². The first-order valence-electron chi connectivity index (χ1n) is 8.25. The fraction of sp³-hybridized carbons (Fsp3) is 0.444. The summed E-state index contributed by atoms with van der Waals surface area (Å²) in [6.45, 7) is 5.70. The number of nitrogens with two attached hydrogens (primary N) is 1. The van der Waals surface area contributed by atoms with Crippen LogP contribution < -0.4 is 10.5 Å². The second-order valence-corrected chi connectivity index (χ2v) is 6.29. The van der Waals surface area contributed by atoms with Crippen LogP contribution in [0.3, 0.4) is 0 Å². The minimum atomic E-state index is -4.60. The SMILES string of the molecule is CCCOc1ccc(-c2cc(C(C(N)=O)C(C)C)on2)c(C(F)(F)F)c1. The summed E-state index contributed by atoms with van der Waals surface area (Å²) in [6.07, 6.45) is -3.92. The van der Waals surface area contributed by atoms with Crippen molar-refractivity contribution in [2.24, 2.45) is 11.7 Å². The first kappa shape index (κ1) is 19.8. The van der Waals surface area contributed by atoms with Crippen LogP contribution in [0.25, 0.3) is 11.3 Å². The maximum absolute atomic E-state index is 13.5. The van der Waals surface area contributed by atoms with Gasteiger partial charge in [-0.2, -0.15) is 13.2 Å². The number of hydrogen-bond donors (Lipinski definition) is 1. The van der Waals surface area contributed by atoms with Crippen molar-refractivity contribution >= 4 is 5.91 Å². The van der Waals surface area contributed by atoms with Crippen molar-refractivity contribution in [1.29, 1.82) is 0 Å². The summed E-state index contributed by atoms with van der Waals surface area (Å²) in [4.78, 5) is 11.6. The average molecular weight is 370 g/mol. The zero-order valence-corrected chi connectivity index (χ0v) is 14.8. The predicted molar refractivity (Wildman–Crippen MR) is 89.5 cm³/mol. The maximum Gasteiger partial charge on any atom is 0.417 e. The summed E-state index contributed by atoms with van der Waals surface area (Å²) in [5, 5.41) is 3.71. The highest BCUT2D eigenvalue weighted by Crippen LogP contribution is 2.39. The van der Waals surface area contributed by atoms with E-state index in [1.807, 2.05) is 6.92 Å². The molecule has 0 radical (unpaired) electrons. The average Bonchev–Trinajstić information content (AvgIpc) is 3.00. The van der Waals surface area contributed by atoms with Crippen LogP contribution >= 0.6 is 0 Å². The van der Waals surface area contributed by atoms with E-state index in [0.717, 1.165) is 6.07 Å². The molecular weight excluding hydrogens is 349 g/mol. The van der Waals surface area contributed by atoms with Crippen LogP contribution in [-0.4, -0.2) is 17.7 Å². The summed E-state index contributed by atoms with van der Waals surface area (Å²) in [5.41, 5.74) is 4.31. The molecule has 1 amide bonds. The molecule has 1 atom stereocenters.